The highest BCUT2D eigenvalue weighted by Crippen LogP contribution is 2.29. The molecule has 2 rings (SSSR count). The van der Waals surface area contributed by atoms with E-state index in [2.05, 4.69) is 62.2 Å². The molecule has 0 saturated carbocycles. The number of aryl methyl sites for hydroxylation is 2. The molecule has 18 heavy (non-hydrogen) atoms. The van der Waals surface area contributed by atoms with Gasteiger partial charge in [-0.1, -0.05) is 12.1 Å². The lowest BCUT2D eigenvalue weighted by atomic mass is 10.1. The SMILES string of the molecule is COc1ccc(N(C)c2cccc(C)c2)c(C)c1. The molecule has 94 valence electrons. The van der Waals surface area contributed by atoms with Gasteiger partial charge in [-0.05, 0) is 55.3 Å². The smallest absolute Gasteiger partial charge is 0.119 e. The van der Waals surface area contributed by atoms with Gasteiger partial charge in [0.15, 0.2) is 0 Å². The first-order chi connectivity index (χ1) is 8.61. The Morgan fingerprint density at radius 1 is 1.00 bits per heavy atom. The van der Waals surface area contributed by atoms with E-state index in [1.54, 1.807) is 7.11 Å². The summed E-state index contributed by atoms with van der Waals surface area (Å²) < 4.78 is 5.24. The third-order valence-electron chi connectivity index (χ3n) is 3.15. The zero-order chi connectivity index (χ0) is 13.1. The van der Waals surface area contributed by atoms with Crippen molar-refractivity contribution in [3.63, 3.8) is 0 Å². The molecule has 0 fully saturated rings. The van der Waals surface area contributed by atoms with Crippen LogP contribution in [-0.2, 0) is 0 Å². The Bertz CT molecular complexity index is 549. The molecule has 0 bridgehead atoms. The first-order valence-electron chi connectivity index (χ1n) is 6.07. The lowest BCUT2D eigenvalue weighted by Gasteiger charge is -2.22. The summed E-state index contributed by atoms with van der Waals surface area (Å²) in [7, 11) is 3.78. The topological polar surface area (TPSA) is 12.5 Å². The molecular weight excluding hydrogens is 222 g/mol. The summed E-state index contributed by atoms with van der Waals surface area (Å²) in [4.78, 5) is 2.20. The molecule has 0 heterocycles. The van der Waals surface area contributed by atoms with Gasteiger partial charge < -0.3 is 9.64 Å². The molecule has 0 amide bonds. The van der Waals surface area contributed by atoms with Crippen LogP contribution >= 0.6 is 0 Å². The molecule has 0 aromatic heterocycles. The molecule has 0 aliphatic heterocycles. The van der Waals surface area contributed by atoms with Crippen LogP contribution in [0.5, 0.6) is 5.75 Å². The van der Waals surface area contributed by atoms with E-state index in [1.807, 2.05) is 6.07 Å². The molecule has 2 nitrogen and oxygen atoms in total. The quantitative estimate of drug-likeness (QED) is 0.802. The number of rotatable bonds is 3. The molecule has 2 aromatic rings. The zero-order valence-electron chi connectivity index (χ0n) is 11.4. The van der Waals surface area contributed by atoms with Gasteiger partial charge in [0, 0.05) is 18.4 Å². The standard InChI is InChI=1S/C16H19NO/c1-12-6-5-7-14(10-12)17(3)16-9-8-15(18-4)11-13(16)2/h5-11H,1-4H3. The van der Waals surface area contributed by atoms with E-state index < -0.39 is 0 Å². The Labute approximate surface area is 109 Å². The molecule has 0 spiro atoms. The lowest BCUT2D eigenvalue weighted by Crippen LogP contribution is -2.10. The number of benzene rings is 2. The van der Waals surface area contributed by atoms with E-state index >= 15 is 0 Å². The third kappa shape index (κ3) is 2.48. The van der Waals surface area contributed by atoms with E-state index in [0.29, 0.717) is 0 Å². The second-order valence-electron chi connectivity index (χ2n) is 4.55. The monoisotopic (exact) mass is 241 g/mol. The van der Waals surface area contributed by atoms with Crippen molar-refractivity contribution < 1.29 is 4.74 Å². The maximum atomic E-state index is 5.24. The van der Waals surface area contributed by atoms with Crippen molar-refractivity contribution in [3.8, 4) is 5.75 Å². The minimum absolute atomic E-state index is 0.897. The van der Waals surface area contributed by atoms with Gasteiger partial charge in [-0.2, -0.15) is 0 Å². The van der Waals surface area contributed by atoms with Crippen LogP contribution in [0.25, 0.3) is 0 Å². The first-order valence-corrected chi connectivity index (χ1v) is 6.07. The number of hydrogen-bond donors (Lipinski definition) is 0. The normalized spacial score (nSPS) is 10.2. The van der Waals surface area contributed by atoms with E-state index in [4.69, 9.17) is 4.74 Å². The summed E-state index contributed by atoms with van der Waals surface area (Å²) in [6.07, 6.45) is 0. The van der Waals surface area contributed by atoms with E-state index in [9.17, 15) is 0 Å². The zero-order valence-corrected chi connectivity index (χ0v) is 11.4. The maximum Gasteiger partial charge on any atom is 0.119 e. The van der Waals surface area contributed by atoms with Gasteiger partial charge in [0.25, 0.3) is 0 Å². The predicted octanol–water partition coefficient (Wildman–Crippen LogP) is 4.08. The highest BCUT2D eigenvalue weighted by atomic mass is 16.5. The van der Waals surface area contributed by atoms with Crippen LogP contribution in [-0.4, -0.2) is 14.2 Å². The van der Waals surface area contributed by atoms with Crippen LogP contribution in [0, 0.1) is 13.8 Å². The fourth-order valence-corrected chi connectivity index (χ4v) is 2.11. The Kier molecular flexibility index (Phi) is 3.56. The van der Waals surface area contributed by atoms with Crippen molar-refractivity contribution in [2.75, 3.05) is 19.1 Å². The minimum atomic E-state index is 0.897. The van der Waals surface area contributed by atoms with Crippen LogP contribution in [0.4, 0.5) is 11.4 Å². The Balaban J connectivity index is 2.37. The second-order valence-corrected chi connectivity index (χ2v) is 4.55. The van der Waals surface area contributed by atoms with E-state index in [1.165, 1.54) is 22.5 Å². The fourth-order valence-electron chi connectivity index (χ4n) is 2.11. The number of hydrogen-bond acceptors (Lipinski definition) is 2. The molecule has 0 aliphatic carbocycles. The summed E-state index contributed by atoms with van der Waals surface area (Å²) >= 11 is 0. The molecule has 0 aliphatic rings. The number of nitrogens with zero attached hydrogens (tertiary/aromatic N) is 1. The second kappa shape index (κ2) is 5.13. The number of anilines is 2. The average Bonchev–Trinajstić information content (AvgIpc) is 2.37. The van der Waals surface area contributed by atoms with Crippen LogP contribution in [0.3, 0.4) is 0 Å². The molecule has 0 unspecified atom stereocenters. The van der Waals surface area contributed by atoms with Crippen LogP contribution < -0.4 is 9.64 Å². The van der Waals surface area contributed by atoms with Crippen LogP contribution in [0.15, 0.2) is 42.5 Å². The van der Waals surface area contributed by atoms with Crippen molar-refractivity contribution in [3.05, 3.63) is 53.6 Å². The third-order valence-corrected chi connectivity index (χ3v) is 3.15. The number of methoxy groups -OCH3 is 1. The summed E-state index contributed by atoms with van der Waals surface area (Å²) in [5.41, 5.74) is 4.87. The summed E-state index contributed by atoms with van der Waals surface area (Å²) in [6, 6.07) is 14.6. The molecule has 2 heteroatoms. The first kappa shape index (κ1) is 12.5. The Morgan fingerprint density at radius 3 is 2.39 bits per heavy atom. The van der Waals surface area contributed by atoms with Crippen LogP contribution in [0.2, 0.25) is 0 Å². The highest BCUT2D eigenvalue weighted by molar-refractivity contribution is 5.66. The van der Waals surface area contributed by atoms with Gasteiger partial charge in [0.1, 0.15) is 5.75 Å². The predicted molar refractivity (Wildman–Crippen MR) is 77.0 cm³/mol. The molecular formula is C16H19NO. The lowest BCUT2D eigenvalue weighted by molar-refractivity contribution is 0.414. The van der Waals surface area contributed by atoms with Crippen molar-refractivity contribution in [2.24, 2.45) is 0 Å². The molecule has 0 radical (unpaired) electrons. The Morgan fingerprint density at radius 2 is 1.78 bits per heavy atom. The van der Waals surface area contributed by atoms with Crippen molar-refractivity contribution >= 4 is 11.4 Å². The maximum absolute atomic E-state index is 5.24. The molecule has 2 aromatic carbocycles. The van der Waals surface area contributed by atoms with E-state index in [0.717, 1.165) is 5.75 Å². The highest BCUT2D eigenvalue weighted by Gasteiger charge is 2.07. The fraction of sp³-hybridized carbons (Fsp3) is 0.250. The summed E-state index contributed by atoms with van der Waals surface area (Å²) in [5, 5.41) is 0. The average molecular weight is 241 g/mol. The minimum Gasteiger partial charge on any atom is -0.497 e. The van der Waals surface area contributed by atoms with Gasteiger partial charge in [-0.25, -0.2) is 0 Å². The number of ether oxygens (including phenoxy) is 1. The van der Waals surface area contributed by atoms with Gasteiger partial charge in [-0.15, -0.1) is 0 Å². The van der Waals surface area contributed by atoms with Gasteiger partial charge in [0.05, 0.1) is 7.11 Å². The van der Waals surface area contributed by atoms with Crippen LogP contribution in [0.1, 0.15) is 11.1 Å². The van der Waals surface area contributed by atoms with E-state index in [-0.39, 0.29) is 0 Å². The molecule has 0 N–H and O–H groups in total. The van der Waals surface area contributed by atoms with Gasteiger partial charge in [-0.3, -0.25) is 0 Å². The molecule has 0 atom stereocenters. The molecule has 0 saturated heterocycles. The summed E-state index contributed by atoms with van der Waals surface area (Å²) in [6.45, 7) is 4.21. The largest absolute Gasteiger partial charge is 0.497 e. The van der Waals surface area contributed by atoms with Gasteiger partial charge >= 0.3 is 0 Å². The Hall–Kier alpha value is -1.96. The van der Waals surface area contributed by atoms with Gasteiger partial charge in [0.2, 0.25) is 0 Å². The van der Waals surface area contributed by atoms with Crippen molar-refractivity contribution in [2.45, 2.75) is 13.8 Å². The summed E-state index contributed by atoms with van der Waals surface area (Å²) in [5.74, 6) is 0.897. The van der Waals surface area contributed by atoms with Crippen molar-refractivity contribution in [1.82, 2.24) is 0 Å². The van der Waals surface area contributed by atoms with Crippen molar-refractivity contribution in [1.29, 1.82) is 0 Å².